The lowest BCUT2D eigenvalue weighted by Gasteiger charge is -2.24. The van der Waals surface area contributed by atoms with Gasteiger partial charge in [0.15, 0.2) is 0 Å². The van der Waals surface area contributed by atoms with E-state index in [-0.39, 0.29) is 5.82 Å². The molecule has 1 aliphatic carbocycles. The molecular formula is C16H18FNS. The fourth-order valence-corrected chi connectivity index (χ4v) is 4.23. The van der Waals surface area contributed by atoms with Crippen LogP contribution in [0, 0.1) is 11.7 Å². The first-order valence-electron chi connectivity index (χ1n) is 6.90. The standard InChI is InChI=1S/C16H18FNS/c1-10(2)13-4-3-5-14-15(13)19-16(18-14)11-6-8-12(17)9-7-11/h6-10,13H,3-5H2,1-2H3/t13-/m1/s1. The van der Waals surface area contributed by atoms with Crippen LogP contribution in [0.15, 0.2) is 24.3 Å². The Balaban J connectivity index is 1.99. The molecule has 0 amide bonds. The molecule has 0 saturated heterocycles. The zero-order chi connectivity index (χ0) is 13.4. The molecule has 1 aliphatic rings. The Kier molecular flexibility index (Phi) is 3.40. The minimum absolute atomic E-state index is 0.190. The molecule has 19 heavy (non-hydrogen) atoms. The quantitative estimate of drug-likeness (QED) is 0.749. The summed E-state index contributed by atoms with van der Waals surface area (Å²) < 4.78 is 13.0. The van der Waals surface area contributed by atoms with Gasteiger partial charge in [-0.15, -0.1) is 11.3 Å². The van der Waals surface area contributed by atoms with Crippen molar-refractivity contribution in [1.29, 1.82) is 0 Å². The SMILES string of the molecule is CC(C)[C@H]1CCCc2nc(-c3ccc(F)cc3)sc21. The van der Waals surface area contributed by atoms with E-state index >= 15 is 0 Å². The largest absolute Gasteiger partial charge is 0.241 e. The van der Waals surface area contributed by atoms with Crippen LogP contribution < -0.4 is 0 Å². The van der Waals surface area contributed by atoms with Crippen LogP contribution >= 0.6 is 11.3 Å². The molecule has 0 spiro atoms. The molecule has 3 rings (SSSR count). The summed E-state index contributed by atoms with van der Waals surface area (Å²) >= 11 is 1.80. The van der Waals surface area contributed by atoms with Gasteiger partial charge in [-0.05, 0) is 55.4 Å². The molecule has 0 bridgehead atoms. The first-order chi connectivity index (χ1) is 9.15. The minimum atomic E-state index is -0.190. The molecule has 3 heteroatoms. The summed E-state index contributed by atoms with van der Waals surface area (Å²) in [5.74, 6) is 1.13. The topological polar surface area (TPSA) is 12.9 Å². The van der Waals surface area contributed by atoms with Crippen molar-refractivity contribution in [3.63, 3.8) is 0 Å². The van der Waals surface area contributed by atoms with Crippen LogP contribution in [0.4, 0.5) is 4.39 Å². The van der Waals surface area contributed by atoms with Crippen molar-refractivity contribution in [1.82, 2.24) is 4.98 Å². The molecule has 0 unspecified atom stereocenters. The number of thiazole rings is 1. The third-order valence-corrected chi connectivity index (χ3v) is 5.17. The van der Waals surface area contributed by atoms with Gasteiger partial charge in [-0.3, -0.25) is 0 Å². The van der Waals surface area contributed by atoms with Gasteiger partial charge in [0, 0.05) is 10.4 Å². The normalized spacial score (nSPS) is 18.6. The first kappa shape index (κ1) is 12.8. The number of rotatable bonds is 2. The number of halogens is 1. The lowest BCUT2D eigenvalue weighted by Crippen LogP contribution is -2.12. The highest BCUT2D eigenvalue weighted by atomic mass is 32.1. The summed E-state index contributed by atoms with van der Waals surface area (Å²) in [4.78, 5) is 6.24. The molecule has 1 atom stereocenters. The predicted octanol–water partition coefficient (Wildman–Crippen LogP) is 5.03. The Hall–Kier alpha value is -1.22. The van der Waals surface area contributed by atoms with Crippen LogP contribution in [-0.2, 0) is 6.42 Å². The molecule has 0 saturated carbocycles. The van der Waals surface area contributed by atoms with Crippen molar-refractivity contribution in [3.8, 4) is 10.6 Å². The second kappa shape index (κ2) is 5.04. The zero-order valence-corrected chi connectivity index (χ0v) is 12.1. The highest BCUT2D eigenvalue weighted by Gasteiger charge is 2.26. The number of nitrogens with zero attached hydrogens (tertiary/aromatic N) is 1. The minimum Gasteiger partial charge on any atom is -0.241 e. The van der Waals surface area contributed by atoms with Crippen LogP contribution in [0.1, 0.15) is 43.2 Å². The molecule has 100 valence electrons. The first-order valence-corrected chi connectivity index (χ1v) is 7.72. The molecule has 0 radical (unpaired) electrons. The summed E-state index contributed by atoms with van der Waals surface area (Å²) in [5, 5.41) is 1.04. The molecule has 0 N–H and O–H groups in total. The van der Waals surface area contributed by atoms with E-state index in [0.717, 1.165) is 17.0 Å². The number of hydrogen-bond acceptors (Lipinski definition) is 2. The lowest BCUT2D eigenvalue weighted by atomic mass is 9.84. The summed E-state index contributed by atoms with van der Waals surface area (Å²) in [6.45, 7) is 4.58. The Bertz CT molecular complexity index is 571. The maximum absolute atomic E-state index is 13.0. The van der Waals surface area contributed by atoms with Crippen molar-refractivity contribution < 1.29 is 4.39 Å². The summed E-state index contributed by atoms with van der Waals surface area (Å²) in [6.07, 6.45) is 3.61. The van der Waals surface area contributed by atoms with Crippen LogP contribution in [0.2, 0.25) is 0 Å². The molecule has 0 aliphatic heterocycles. The second-order valence-electron chi connectivity index (χ2n) is 5.58. The number of benzene rings is 1. The van der Waals surface area contributed by atoms with Crippen molar-refractivity contribution in [2.24, 2.45) is 5.92 Å². The Morgan fingerprint density at radius 1 is 1.26 bits per heavy atom. The van der Waals surface area contributed by atoms with Crippen molar-refractivity contribution in [2.75, 3.05) is 0 Å². The number of fused-ring (bicyclic) bond motifs is 1. The number of aryl methyl sites for hydroxylation is 1. The molecule has 0 fully saturated rings. The molecule has 1 aromatic carbocycles. The highest BCUT2D eigenvalue weighted by Crippen LogP contribution is 2.42. The van der Waals surface area contributed by atoms with Gasteiger partial charge in [-0.1, -0.05) is 13.8 Å². The van der Waals surface area contributed by atoms with Crippen molar-refractivity contribution >= 4 is 11.3 Å². The predicted molar refractivity (Wildman–Crippen MR) is 78.0 cm³/mol. The van der Waals surface area contributed by atoms with E-state index in [0.29, 0.717) is 11.8 Å². The van der Waals surface area contributed by atoms with Gasteiger partial charge in [-0.2, -0.15) is 0 Å². The van der Waals surface area contributed by atoms with Gasteiger partial charge in [0.1, 0.15) is 10.8 Å². The molecule has 1 heterocycles. The van der Waals surface area contributed by atoms with E-state index in [1.165, 1.54) is 35.5 Å². The Morgan fingerprint density at radius 3 is 2.68 bits per heavy atom. The van der Waals surface area contributed by atoms with E-state index in [4.69, 9.17) is 4.98 Å². The van der Waals surface area contributed by atoms with Crippen molar-refractivity contribution in [2.45, 2.75) is 39.0 Å². The number of aromatic nitrogens is 1. The Morgan fingerprint density at radius 2 is 2.00 bits per heavy atom. The fourth-order valence-electron chi connectivity index (χ4n) is 2.80. The van der Waals surface area contributed by atoms with Gasteiger partial charge < -0.3 is 0 Å². The van der Waals surface area contributed by atoms with Gasteiger partial charge in [0.2, 0.25) is 0 Å². The van der Waals surface area contributed by atoms with Gasteiger partial charge in [-0.25, -0.2) is 9.37 Å². The Labute approximate surface area is 117 Å². The molecular weight excluding hydrogens is 257 g/mol. The van der Waals surface area contributed by atoms with E-state index in [2.05, 4.69) is 13.8 Å². The molecule has 1 nitrogen and oxygen atoms in total. The van der Waals surface area contributed by atoms with Gasteiger partial charge in [0.05, 0.1) is 5.69 Å². The average molecular weight is 275 g/mol. The van der Waals surface area contributed by atoms with Crippen molar-refractivity contribution in [3.05, 3.63) is 40.7 Å². The number of hydrogen-bond donors (Lipinski definition) is 0. The van der Waals surface area contributed by atoms with E-state index in [1.807, 2.05) is 12.1 Å². The fraction of sp³-hybridized carbons (Fsp3) is 0.438. The van der Waals surface area contributed by atoms with E-state index < -0.39 is 0 Å². The molecule has 2 aromatic rings. The third kappa shape index (κ3) is 2.44. The lowest BCUT2D eigenvalue weighted by molar-refractivity contribution is 0.438. The average Bonchev–Trinajstić information content (AvgIpc) is 2.82. The van der Waals surface area contributed by atoms with E-state index in [1.54, 1.807) is 11.3 Å². The molecule has 1 aromatic heterocycles. The maximum atomic E-state index is 13.0. The van der Waals surface area contributed by atoms with Crippen LogP contribution in [0.3, 0.4) is 0 Å². The highest BCUT2D eigenvalue weighted by molar-refractivity contribution is 7.15. The van der Waals surface area contributed by atoms with Gasteiger partial charge >= 0.3 is 0 Å². The smallest absolute Gasteiger partial charge is 0.123 e. The monoisotopic (exact) mass is 275 g/mol. The van der Waals surface area contributed by atoms with Crippen LogP contribution in [0.25, 0.3) is 10.6 Å². The summed E-state index contributed by atoms with van der Waals surface area (Å²) in [6, 6.07) is 6.67. The van der Waals surface area contributed by atoms with Gasteiger partial charge in [0.25, 0.3) is 0 Å². The summed E-state index contributed by atoms with van der Waals surface area (Å²) in [5.41, 5.74) is 2.30. The maximum Gasteiger partial charge on any atom is 0.123 e. The van der Waals surface area contributed by atoms with Crippen LogP contribution in [-0.4, -0.2) is 4.98 Å². The second-order valence-corrected chi connectivity index (χ2v) is 6.61. The summed E-state index contributed by atoms with van der Waals surface area (Å²) in [7, 11) is 0. The van der Waals surface area contributed by atoms with Crippen LogP contribution in [0.5, 0.6) is 0 Å². The third-order valence-electron chi connectivity index (χ3n) is 3.89. The van der Waals surface area contributed by atoms with E-state index in [9.17, 15) is 4.39 Å². The zero-order valence-electron chi connectivity index (χ0n) is 11.3.